The van der Waals surface area contributed by atoms with Gasteiger partial charge >= 0.3 is 0 Å². The third-order valence-corrected chi connectivity index (χ3v) is 4.51. The average molecular weight is 384 g/mol. The van der Waals surface area contributed by atoms with Crippen molar-refractivity contribution in [3.05, 3.63) is 22.2 Å². The molecule has 0 spiro atoms. The van der Waals surface area contributed by atoms with Crippen molar-refractivity contribution < 1.29 is 14.3 Å². The summed E-state index contributed by atoms with van der Waals surface area (Å²) in [5.74, 6) is 6.08. The van der Waals surface area contributed by atoms with Crippen molar-refractivity contribution in [2.24, 2.45) is 10.9 Å². The van der Waals surface area contributed by atoms with Crippen LogP contribution in [0.1, 0.15) is 37.7 Å². The number of carbonyl (C=O) groups excluding carboxylic acids is 1. The normalized spacial score (nSPS) is 15.6. The van der Waals surface area contributed by atoms with E-state index >= 15 is 0 Å². The van der Waals surface area contributed by atoms with E-state index in [0.717, 1.165) is 22.9 Å². The molecule has 126 valence electrons. The molecule has 0 unspecified atom stereocenters. The zero-order chi connectivity index (χ0) is 16.7. The third-order valence-electron chi connectivity index (χ3n) is 3.83. The fourth-order valence-corrected chi connectivity index (χ4v) is 3.09. The summed E-state index contributed by atoms with van der Waals surface area (Å²) in [6, 6.07) is 3.76. The number of methoxy groups -OCH3 is 1. The van der Waals surface area contributed by atoms with E-state index in [0.29, 0.717) is 11.5 Å². The van der Waals surface area contributed by atoms with Gasteiger partial charge < -0.3 is 20.6 Å². The summed E-state index contributed by atoms with van der Waals surface area (Å²) < 4.78 is 11.7. The maximum atomic E-state index is 12.0. The molecule has 1 aromatic carbocycles. The second-order valence-corrected chi connectivity index (χ2v) is 6.35. The molecule has 0 bridgehead atoms. The van der Waals surface area contributed by atoms with Crippen LogP contribution in [0.15, 0.2) is 21.7 Å². The zero-order valence-corrected chi connectivity index (χ0v) is 14.8. The Morgan fingerprint density at radius 1 is 1.39 bits per heavy atom. The van der Waals surface area contributed by atoms with Gasteiger partial charge in [-0.1, -0.05) is 19.3 Å². The number of nitrogens with one attached hydrogen (secondary N) is 1. The number of amides is 1. The summed E-state index contributed by atoms with van der Waals surface area (Å²) in [4.78, 5) is 12.0. The van der Waals surface area contributed by atoms with E-state index in [-0.39, 0.29) is 18.6 Å². The van der Waals surface area contributed by atoms with Crippen molar-refractivity contribution in [2.45, 2.75) is 38.1 Å². The number of hydrogen-bond acceptors (Lipinski definition) is 5. The zero-order valence-electron chi connectivity index (χ0n) is 13.2. The minimum atomic E-state index is -0.109. The van der Waals surface area contributed by atoms with E-state index in [1.54, 1.807) is 19.2 Å². The molecule has 1 fully saturated rings. The molecule has 3 N–H and O–H groups in total. The number of nitrogens with two attached hydrogens (primary N) is 1. The molecular weight excluding hydrogens is 362 g/mol. The second kappa shape index (κ2) is 8.76. The topological polar surface area (TPSA) is 85.9 Å². The fourth-order valence-electron chi connectivity index (χ4n) is 2.66. The Morgan fingerprint density at radius 3 is 2.78 bits per heavy atom. The molecule has 1 aromatic rings. The largest absolute Gasteiger partial charge is 0.493 e. The van der Waals surface area contributed by atoms with Crippen molar-refractivity contribution in [2.75, 3.05) is 13.7 Å². The van der Waals surface area contributed by atoms with Crippen LogP contribution in [0, 0.1) is 0 Å². The number of halogens is 1. The van der Waals surface area contributed by atoms with Gasteiger partial charge in [-0.25, -0.2) is 0 Å². The molecule has 2 rings (SSSR count). The predicted molar refractivity (Wildman–Crippen MR) is 93.0 cm³/mol. The van der Waals surface area contributed by atoms with Crippen LogP contribution in [-0.4, -0.2) is 31.9 Å². The fraction of sp³-hybridized carbons (Fsp3) is 0.500. The Labute approximate surface area is 144 Å². The molecule has 1 saturated carbocycles. The highest BCUT2D eigenvalue weighted by atomic mass is 79.9. The van der Waals surface area contributed by atoms with E-state index in [9.17, 15) is 4.79 Å². The Hall–Kier alpha value is -1.76. The summed E-state index contributed by atoms with van der Waals surface area (Å²) in [6.45, 7) is -0.0381. The lowest BCUT2D eigenvalue weighted by molar-refractivity contribution is -0.124. The van der Waals surface area contributed by atoms with Crippen molar-refractivity contribution in [3.63, 3.8) is 0 Å². The quantitative estimate of drug-likeness (QED) is 0.449. The molecule has 1 amide bonds. The van der Waals surface area contributed by atoms with Crippen LogP contribution in [0.4, 0.5) is 0 Å². The molecule has 6 nitrogen and oxygen atoms in total. The molecule has 0 aromatic heterocycles. The first-order chi connectivity index (χ1) is 11.1. The number of hydrogen-bond donors (Lipinski definition) is 2. The maximum absolute atomic E-state index is 12.0. The molecule has 0 radical (unpaired) electrons. The minimum absolute atomic E-state index is 0.0381. The van der Waals surface area contributed by atoms with Crippen LogP contribution < -0.4 is 20.6 Å². The molecular formula is C16H22BrN3O3. The summed E-state index contributed by atoms with van der Waals surface area (Å²) >= 11 is 3.42. The van der Waals surface area contributed by atoms with Crippen LogP contribution in [0.25, 0.3) is 0 Å². The van der Waals surface area contributed by atoms with Gasteiger partial charge in [0.2, 0.25) is 0 Å². The van der Waals surface area contributed by atoms with Crippen molar-refractivity contribution in [1.82, 2.24) is 5.32 Å². The van der Waals surface area contributed by atoms with Crippen LogP contribution in [0.3, 0.4) is 0 Å². The van der Waals surface area contributed by atoms with E-state index in [1.165, 1.54) is 25.5 Å². The van der Waals surface area contributed by atoms with Gasteiger partial charge in [0.05, 0.1) is 13.3 Å². The van der Waals surface area contributed by atoms with Crippen molar-refractivity contribution in [1.29, 1.82) is 0 Å². The molecule has 1 aliphatic carbocycles. The highest BCUT2D eigenvalue weighted by molar-refractivity contribution is 9.10. The van der Waals surface area contributed by atoms with Gasteiger partial charge in [-0.05, 0) is 40.9 Å². The van der Waals surface area contributed by atoms with E-state index in [1.807, 2.05) is 0 Å². The Morgan fingerprint density at radius 2 is 2.13 bits per heavy atom. The highest BCUT2D eigenvalue weighted by Gasteiger charge is 2.17. The number of nitrogens with zero attached hydrogens (tertiary/aromatic N) is 1. The Kier molecular flexibility index (Phi) is 6.70. The van der Waals surface area contributed by atoms with Gasteiger partial charge in [0.25, 0.3) is 5.91 Å². The van der Waals surface area contributed by atoms with Crippen LogP contribution in [-0.2, 0) is 4.79 Å². The lowest BCUT2D eigenvalue weighted by Gasteiger charge is -2.22. The summed E-state index contributed by atoms with van der Waals surface area (Å²) in [5.41, 5.74) is 0.767. The standard InChI is InChI=1S/C16H22BrN3O3/c1-22-14-7-11(9-19-18)13(17)8-15(14)23-10-16(21)20-12-5-3-2-4-6-12/h7-9,12H,2-6,10,18H2,1H3,(H,20,21). The maximum Gasteiger partial charge on any atom is 0.258 e. The molecule has 0 heterocycles. The van der Waals surface area contributed by atoms with Crippen molar-refractivity contribution >= 4 is 28.1 Å². The van der Waals surface area contributed by atoms with E-state index in [4.69, 9.17) is 15.3 Å². The molecule has 1 aliphatic rings. The lowest BCUT2D eigenvalue weighted by Crippen LogP contribution is -2.39. The summed E-state index contributed by atoms with van der Waals surface area (Å²) in [7, 11) is 1.54. The Balaban J connectivity index is 1.96. The van der Waals surface area contributed by atoms with E-state index < -0.39 is 0 Å². The number of benzene rings is 1. The number of carbonyl (C=O) groups is 1. The average Bonchev–Trinajstić information content (AvgIpc) is 2.56. The summed E-state index contributed by atoms with van der Waals surface area (Å²) in [5, 5.41) is 6.51. The first-order valence-corrected chi connectivity index (χ1v) is 8.46. The first-order valence-electron chi connectivity index (χ1n) is 7.67. The predicted octanol–water partition coefficient (Wildman–Crippen LogP) is 2.58. The molecule has 0 aliphatic heterocycles. The molecule has 23 heavy (non-hydrogen) atoms. The van der Waals surface area contributed by atoms with Gasteiger partial charge in [-0.2, -0.15) is 5.10 Å². The van der Waals surface area contributed by atoms with Gasteiger partial charge in [-0.3, -0.25) is 4.79 Å². The van der Waals surface area contributed by atoms with E-state index in [2.05, 4.69) is 26.3 Å². The SMILES string of the molecule is COc1cc(C=NN)c(Br)cc1OCC(=O)NC1CCCCC1. The summed E-state index contributed by atoms with van der Waals surface area (Å²) in [6.07, 6.45) is 7.22. The number of hydrazone groups is 1. The highest BCUT2D eigenvalue weighted by Crippen LogP contribution is 2.32. The van der Waals surface area contributed by atoms with Gasteiger partial charge in [0.15, 0.2) is 18.1 Å². The van der Waals surface area contributed by atoms with Crippen molar-refractivity contribution in [3.8, 4) is 11.5 Å². The monoisotopic (exact) mass is 383 g/mol. The third kappa shape index (κ3) is 5.13. The lowest BCUT2D eigenvalue weighted by atomic mass is 9.95. The molecule has 0 saturated heterocycles. The minimum Gasteiger partial charge on any atom is -0.493 e. The van der Waals surface area contributed by atoms with Crippen LogP contribution >= 0.6 is 15.9 Å². The second-order valence-electron chi connectivity index (χ2n) is 5.49. The smallest absolute Gasteiger partial charge is 0.258 e. The van der Waals surface area contributed by atoms with Gasteiger partial charge in [0.1, 0.15) is 0 Å². The van der Waals surface area contributed by atoms with Gasteiger partial charge in [0, 0.05) is 16.1 Å². The van der Waals surface area contributed by atoms with Gasteiger partial charge in [-0.15, -0.1) is 0 Å². The molecule has 0 atom stereocenters. The van der Waals surface area contributed by atoms with Crippen LogP contribution in [0.2, 0.25) is 0 Å². The first kappa shape index (κ1) is 17.6. The number of ether oxygens (including phenoxy) is 2. The number of rotatable bonds is 6. The molecule has 7 heteroatoms. The van der Waals surface area contributed by atoms with Crippen LogP contribution in [0.5, 0.6) is 11.5 Å². The Bertz CT molecular complexity index is 572.